The fourth-order valence-electron chi connectivity index (χ4n) is 5.04. The number of aryl methyl sites for hydroxylation is 2. The van der Waals surface area contributed by atoms with Gasteiger partial charge in [-0.25, -0.2) is 8.42 Å². The summed E-state index contributed by atoms with van der Waals surface area (Å²) in [5.74, 6) is -0.545. The largest absolute Gasteiger partial charge is 0.352 e. The molecule has 2 aromatic carbocycles. The smallest absolute Gasteiger partial charge is 0.244 e. The third-order valence-electron chi connectivity index (χ3n) is 6.94. The molecule has 0 unspecified atom stereocenters. The van der Waals surface area contributed by atoms with E-state index < -0.39 is 16.1 Å². The van der Waals surface area contributed by atoms with Gasteiger partial charge in [-0.3, -0.25) is 13.9 Å². The van der Waals surface area contributed by atoms with Crippen LogP contribution in [0.25, 0.3) is 0 Å². The number of nitrogens with zero attached hydrogens (tertiary/aromatic N) is 2. The number of carbonyl (C=O) groups excluding carboxylic acids is 2. The van der Waals surface area contributed by atoms with E-state index in [0.717, 1.165) is 48.6 Å². The highest BCUT2D eigenvalue weighted by atomic mass is 32.2. The second kappa shape index (κ2) is 12.4. The first-order valence-electron chi connectivity index (χ1n) is 12.8. The van der Waals surface area contributed by atoms with Crippen molar-refractivity contribution in [3.05, 3.63) is 65.2 Å². The first-order valence-corrected chi connectivity index (χ1v) is 14.6. The predicted octanol–water partition coefficient (Wildman–Crippen LogP) is 3.98. The Balaban J connectivity index is 1.90. The van der Waals surface area contributed by atoms with Crippen LogP contribution in [0.4, 0.5) is 5.69 Å². The zero-order valence-corrected chi connectivity index (χ0v) is 22.7. The summed E-state index contributed by atoms with van der Waals surface area (Å²) in [6, 6.07) is 14.8. The SMILES string of the molecule is CC[C@H](C(=O)NC1CCCC1)N(CCc1ccccc1)C(=O)CN(c1c(C)cccc1C)S(C)(=O)=O. The maximum Gasteiger partial charge on any atom is 0.244 e. The van der Waals surface area contributed by atoms with Crippen LogP contribution < -0.4 is 9.62 Å². The Labute approximate surface area is 215 Å². The summed E-state index contributed by atoms with van der Waals surface area (Å²) in [5, 5.41) is 3.13. The first kappa shape index (κ1) is 27.7. The monoisotopic (exact) mass is 513 g/mol. The van der Waals surface area contributed by atoms with Crippen LogP contribution in [0.15, 0.2) is 48.5 Å². The van der Waals surface area contributed by atoms with Crippen molar-refractivity contribution in [1.29, 1.82) is 0 Å². The molecule has 3 rings (SSSR count). The molecule has 0 saturated heterocycles. The van der Waals surface area contributed by atoms with E-state index in [9.17, 15) is 18.0 Å². The number of hydrogen-bond donors (Lipinski definition) is 1. The van der Waals surface area contributed by atoms with E-state index in [1.165, 1.54) is 4.31 Å². The Hall–Kier alpha value is -2.87. The second-order valence-electron chi connectivity index (χ2n) is 9.75. The minimum atomic E-state index is -3.74. The molecule has 8 heteroatoms. The number of sulfonamides is 1. The third-order valence-corrected chi connectivity index (χ3v) is 8.05. The summed E-state index contributed by atoms with van der Waals surface area (Å²) >= 11 is 0. The molecule has 1 saturated carbocycles. The number of nitrogens with one attached hydrogen (secondary N) is 1. The molecule has 7 nitrogen and oxygen atoms in total. The third kappa shape index (κ3) is 7.09. The van der Waals surface area contributed by atoms with Crippen LogP contribution in [0.3, 0.4) is 0 Å². The highest BCUT2D eigenvalue weighted by Gasteiger charge is 2.33. The van der Waals surface area contributed by atoms with Gasteiger partial charge in [0.15, 0.2) is 0 Å². The molecular weight excluding hydrogens is 474 g/mol. The van der Waals surface area contributed by atoms with Crippen molar-refractivity contribution >= 4 is 27.5 Å². The highest BCUT2D eigenvalue weighted by Crippen LogP contribution is 2.27. The normalized spacial score (nSPS) is 14.9. The van der Waals surface area contributed by atoms with E-state index in [2.05, 4.69) is 5.32 Å². The zero-order chi connectivity index (χ0) is 26.3. The summed E-state index contributed by atoms with van der Waals surface area (Å²) in [5.41, 5.74) is 3.11. The Bertz CT molecular complexity index is 1120. The van der Waals surface area contributed by atoms with E-state index >= 15 is 0 Å². The van der Waals surface area contributed by atoms with Crippen LogP contribution in [-0.2, 0) is 26.0 Å². The van der Waals surface area contributed by atoms with Crippen LogP contribution in [0.1, 0.15) is 55.7 Å². The number of benzene rings is 2. The molecule has 0 bridgehead atoms. The van der Waals surface area contributed by atoms with Gasteiger partial charge >= 0.3 is 0 Å². The van der Waals surface area contributed by atoms with Crippen molar-refractivity contribution in [2.45, 2.75) is 71.4 Å². The van der Waals surface area contributed by atoms with E-state index in [4.69, 9.17) is 0 Å². The molecule has 36 heavy (non-hydrogen) atoms. The fourth-order valence-corrected chi connectivity index (χ4v) is 6.00. The predicted molar refractivity (Wildman–Crippen MR) is 144 cm³/mol. The van der Waals surface area contributed by atoms with Crippen molar-refractivity contribution in [2.24, 2.45) is 0 Å². The highest BCUT2D eigenvalue weighted by molar-refractivity contribution is 7.92. The van der Waals surface area contributed by atoms with Crippen molar-refractivity contribution in [3.8, 4) is 0 Å². The van der Waals surface area contributed by atoms with Crippen LogP contribution in [0.5, 0.6) is 0 Å². The average molecular weight is 514 g/mol. The number of carbonyl (C=O) groups is 2. The van der Waals surface area contributed by atoms with Gasteiger partial charge in [-0.2, -0.15) is 0 Å². The molecule has 1 aliphatic carbocycles. The van der Waals surface area contributed by atoms with Crippen LogP contribution in [-0.4, -0.2) is 56.6 Å². The summed E-state index contributed by atoms with van der Waals surface area (Å²) in [7, 11) is -3.74. The molecule has 2 aromatic rings. The van der Waals surface area contributed by atoms with Crippen LogP contribution in [0.2, 0.25) is 0 Å². The Morgan fingerprint density at radius 3 is 2.17 bits per heavy atom. The zero-order valence-electron chi connectivity index (χ0n) is 21.9. The number of rotatable bonds is 11. The fraction of sp³-hybridized carbons (Fsp3) is 0.500. The number of hydrogen-bond acceptors (Lipinski definition) is 4. The average Bonchev–Trinajstić information content (AvgIpc) is 3.33. The molecule has 0 aliphatic heterocycles. The molecule has 0 spiro atoms. The molecule has 1 fully saturated rings. The van der Waals surface area contributed by atoms with Crippen LogP contribution >= 0.6 is 0 Å². The van der Waals surface area contributed by atoms with Gasteiger partial charge in [0.1, 0.15) is 12.6 Å². The standard InChI is InChI=1S/C28H39N3O4S/c1-5-25(28(33)29-24-16-9-10-17-24)30(19-18-23-14-7-6-8-15-23)26(32)20-31(36(4,34)35)27-21(2)12-11-13-22(27)3/h6-8,11-15,24-25H,5,9-10,16-20H2,1-4H3,(H,29,33)/t25-/m1/s1. The molecule has 1 N–H and O–H groups in total. The van der Waals surface area contributed by atoms with Crippen LogP contribution in [0, 0.1) is 13.8 Å². The van der Waals surface area contributed by atoms with Gasteiger partial charge in [0.2, 0.25) is 21.8 Å². The summed E-state index contributed by atoms with van der Waals surface area (Å²) in [6.45, 7) is 5.53. The van der Waals surface area contributed by atoms with Crippen molar-refractivity contribution in [3.63, 3.8) is 0 Å². The van der Waals surface area contributed by atoms with Crippen molar-refractivity contribution in [2.75, 3.05) is 23.7 Å². The summed E-state index contributed by atoms with van der Waals surface area (Å²) in [4.78, 5) is 28.7. The number of anilines is 1. The topological polar surface area (TPSA) is 86.8 Å². The molecule has 0 heterocycles. The minimum Gasteiger partial charge on any atom is -0.352 e. The van der Waals surface area contributed by atoms with Gasteiger partial charge in [0.25, 0.3) is 0 Å². The van der Waals surface area contributed by atoms with Crippen molar-refractivity contribution in [1.82, 2.24) is 10.2 Å². The first-order chi connectivity index (χ1) is 17.1. The number of amides is 2. The van der Waals surface area contributed by atoms with Gasteiger partial charge in [0.05, 0.1) is 11.9 Å². The second-order valence-corrected chi connectivity index (χ2v) is 11.7. The Morgan fingerprint density at radius 2 is 1.61 bits per heavy atom. The van der Waals surface area contributed by atoms with Crippen molar-refractivity contribution < 1.29 is 18.0 Å². The van der Waals surface area contributed by atoms with E-state index in [0.29, 0.717) is 25.1 Å². The molecule has 1 aliphatic rings. The van der Waals surface area contributed by atoms with Gasteiger partial charge < -0.3 is 10.2 Å². The summed E-state index contributed by atoms with van der Waals surface area (Å²) in [6.07, 6.45) is 6.23. The Kier molecular flexibility index (Phi) is 9.54. The summed E-state index contributed by atoms with van der Waals surface area (Å²) < 4.78 is 26.9. The van der Waals surface area contributed by atoms with Gasteiger partial charge in [-0.1, -0.05) is 68.3 Å². The molecule has 0 radical (unpaired) electrons. The molecular formula is C28H39N3O4S. The molecule has 1 atom stereocenters. The lowest BCUT2D eigenvalue weighted by Crippen LogP contribution is -2.54. The Morgan fingerprint density at radius 1 is 1.00 bits per heavy atom. The van der Waals surface area contributed by atoms with Gasteiger partial charge in [0, 0.05) is 12.6 Å². The quantitative estimate of drug-likeness (QED) is 0.492. The van der Waals surface area contributed by atoms with Gasteiger partial charge in [-0.15, -0.1) is 0 Å². The lowest BCUT2D eigenvalue weighted by Gasteiger charge is -2.34. The van der Waals surface area contributed by atoms with E-state index in [-0.39, 0.29) is 24.4 Å². The molecule has 196 valence electrons. The molecule has 2 amide bonds. The van der Waals surface area contributed by atoms with E-state index in [1.54, 1.807) is 4.90 Å². The minimum absolute atomic E-state index is 0.139. The van der Waals surface area contributed by atoms with E-state index in [1.807, 2.05) is 69.3 Å². The number of para-hydroxylation sites is 1. The lowest BCUT2D eigenvalue weighted by molar-refractivity contribution is -0.139. The maximum atomic E-state index is 13.8. The lowest BCUT2D eigenvalue weighted by atomic mass is 10.1. The van der Waals surface area contributed by atoms with Gasteiger partial charge in [-0.05, 0) is 56.2 Å². The molecule has 0 aromatic heterocycles. The maximum absolute atomic E-state index is 13.8.